The van der Waals surface area contributed by atoms with E-state index in [4.69, 9.17) is 27.9 Å². The normalized spacial score (nSPS) is 21.0. The van der Waals surface area contributed by atoms with Crippen LogP contribution in [0.3, 0.4) is 0 Å². The monoisotopic (exact) mass is 681 g/mol. The lowest BCUT2D eigenvalue weighted by molar-refractivity contribution is -0.114. The van der Waals surface area contributed by atoms with Crippen molar-refractivity contribution >= 4 is 46.3 Å². The van der Waals surface area contributed by atoms with Crippen molar-refractivity contribution in [2.75, 3.05) is 12.0 Å². The maximum atomic E-state index is 16.2. The third kappa shape index (κ3) is 5.72. The number of hydrogen-bond donors (Lipinski definition) is 1. The maximum Gasteiger partial charge on any atom is 0.335 e. The number of rotatable bonds is 8. The van der Waals surface area contributed by atoms with Crippen LogP contribution >= 0.6 is 23.2 Å². The fraction of sp³-hybridized carbons (Fsp3) is 0.361. The number of carboxylic acid groups (broad SMARTS) is 1. The molecular weight excluding hydrogens is 647 g/mol. The molecule has 47 heavy (non-hydrogen) atoms. The number of methoxy groups -OCH3 is 1. The number of benzene rings is 3. The molecule has 7 nitrogen and oxygen atoms in total. The van der Waals surface area contributed by atoms with E-state index in [-0.39, 0.29) is 49.7 Å². The Hall–Kier alpha value is -4.13. The first-order valence-electron chi connectivity index (χ1n) is 15.2. The Morgan fingerprint density at radius 1 is 1.13 bits per heavy atom. The van der Waals surface area contributed by atoms with Crippen LogP contribution < -0.4 is 9.64 Å². The molecule has 2 heterocycles. The number of aromatic carboxylic acids is 1. The molecule has 0 saturated carbocycles. The molecule has 0 aliphatic carbocycles. The van der Waals surface area contributed by atoms with Gasteiger partial charge in [0.1, 0.15) is 34.7 Å². The van der Waals surface area contributed by atoms with Gasteiger partial charge in [0, 0.05) is 21.7 Å². The van der Waals surface area contributed by atoms with E-state index in [1.807, 2.05) is 39.5 Å². The molecule has 3 aromatic rings. The molecule has 0 unspecified atom stereocenters. The minimum atomic E-state index is -1.88. The molecule has 3 aromatic carbocycles. The molecule has 0 spiro atoms. The largest absolute Gasteiger partial charge is 0.495 e. The van der Waals surface area contributed by atoms with Crippen molar-refractivity contribution in [1.82, 2.24) is 4.90 Å². The molecule has 1 N–H and O–H groups in total. The van der Waals surface area contributed by atoms with Gasteiger partial charge < -0.3 is 14.7 Å². The average molecular weight is 683 g/mol. The van der Waals surface area contributed by atoms with Crippen molar-refractivity contribution in [2.45, 2.75) is 65.1 Å². The molecule has 1 fully saturated rings. The van der Waals surface area contributed by atoms with Gasteiger partial charge in [0.05, 0.1) is 35.5 Å². The number of nitrogens with zero attached hydrogens (tertiary/aromatic N) is 3. The third-order valence-electron chi connectivity index (χ3n) is 8.69. The molecule has 0 bridgehead atoms. The number of halogens is 4. The van der Waals surface area contributed by atoms with Crippen molar-refractivity contribution in [2.24, 2.45) is 11.3 Å². The summed E-state index contributed by atoms with van der Waals surface area (Å²) < 4.78 is 38.0. The van der Waals surface area contributed by atoms with E-state index in [0.717, 1.165) is 6.07 Å². The molecule has 2 aliphatic heterocycles. The highest BCUT2D eigenvalue weighted by Crippen LogP contribution is 2.59. The minimum Gasteiger partial charge on any atom is -0.495 e. The number of anilines is 1. The highest BCUT2D eigenvalue weighted by Gasteiger charge is 2.64. The SMILES string of the molecule is COc1cc(C(=O)O)ccc1N1C(=O)C2=C(c3cccc(Cl)c3F)[C@@](C#N)(c3ccc(Cl)cc3F)[C@H](CC(C)(C)C)N2[C@@H]1CC(C)C. The summed E-state index contributed by atoms with van der Waals surface area (Å²) >= 11 is 12.5. The lowest BCUT2D eigenvalue weighted by Gasteiger charge is -2.43. The number of hydrogen-bond acceptors (Lipinski definition) is 5. The standard InChI is InChI=1S/C36H35Cl2F2N3O4/c1-19(2)14-29-42(26-13-10-20(34(45)46)15-27(26)47-6)33(44)32-30(22-8-7-9-24(38)31(22)40)36(18-41,23-12-11-21(37)16-25(23)39)28(43(29)32)17-35(3,4)5/h7-13,15-16,19,28-29H,14,17H2,1-6H3,(H,45,46)/t28-,29+,36-/m0/s1. The maximum absolute atomic E-state index is 16.2. The molecule has 5 rings (SSSR count). The van der Waals surface area contributed by atoms with E-state index in [1.165, 1.54) is 60.5 Å². The molecule has 0 radical (unpaired) electrons. The van der Waals surface area contributed by atoms with Crippen LogP contribution in [0.4, 0.5) is 14.5 Å². The van der Waals surface area contributed by atoms with Crippen molar-refractivity contribution in [3.05, 3.63) is 98.7 Å². The number of fused-ring (bicyclic) bond motifs is 1. The Bertz CT molecular complexity index is 1850. The van der Waals surface area contributed by atoms with Crippen molar-refractivity contribution < 1.29 is 28.2 Å². The minimum absolute atomic E-state index is 0.00199. The molecular formula is C36H35Cl2F2N3O4. The molecule has 0 aromatic heterocycles. The smallest absolute Gasteiger partial charge is 0.335 e. The van der Waals surface area contributed by atoms with Crippen LogP contribution in [0.5, 0.6) is 5.75 Å². The van der Waals surface area contributed by atoms with Gasteiger partial charge in [0.15, 0.2) is 0 Å². The number of amides is 1. The van der Waals surface area contributed by atoms with Crippen LogP contribution in [0.15, 0.2) is 60.3 Å². The van der Waals surface area contributed by atoms with Gasteiger partial charge >= 0.3 is 5.97 Å². The third-order valence-corrected chi connectivity index (χ3v) is 9.22. The second-order valence-electron chi connectivity index (χ2n) is 13.5. The second kappa shape index (κ2) is 12.5. The first kappa shape index (κ1) is 34.2. The van der Waals surface area contributed by atoms with E-state index >= 15 is 13.6 Å². The summed E-state index contributed by atoms with van der Waals surface area (Å²) in [6.45, 7) is 9.90. The number of nitriles is 1. The fourth-order valence-electron chi connectivity index (χ4n) is 6.90. The van der Waals surface area contributed by atoms with Gasteiger partial charge in [-0.3, -0.25) is 9.69 Å². The summed E-state index contributed by atoms with van der Waals surface area (Å²) in [6, 6.07) is 14.1. The fourth-order valence-corrected chi connectivity index (χ4v) is 7.23. The summed E-state index contributed by atoms with van der Waals surface area (Å²) in [6.07, 6.45) is -0.0459. The van der Waals surface area contributed by atoms with Gasteiger partial charge in [-0.05, 0) is 60.6 Å². The Balaban J connectivity index is 1.94. The van der Waals surface area contributed by atoms with Crippen LogP contribution in [-0.2, 0) is 10.2 Å². The van der Waals surface area contributed by atoms with Crippen LogP contribution in [0.1, 0.15) is 68.9 Å². The Labute approximate surface area is 282 Å². The predicted molar refractivity (Wildman–Crippen MR) is 177 cm³/mol. The molecule has 1 saturated heterocycles. The first-order valence-corrected chi connectivity index (χ1v) is 15.9. The zero-order valence-electron chi connectivity index (χ0n) is 26.9. The summed E-state index contributed by atoms with van der Waals surface area (Å²) in [5.74, 6) is -3.20. The quantitative estimate of drug-likeness (QED) is 0.256. The van der Waals surface area contributed by atoms with E-state index in [9.17, 15) is 15.2 Å². The van der Waals surface area contributed by atoms with Crippen molar-refractivity contribution in [3.63, 3.8) is 0 Å². The van der Waals surface area contributed by atoms with Crippen molar-refractivity contribution in [3.8, 4) is 11.8 Å². The zero-order valence-corrected chi connectivity index (χ0v) is 28.4. The Morgan fingerprint density at radius 2 is 1.83 bits per heavy atom. The van der Waals surface area contributed by atoms with Gasteiger partial charge in [0.2, 0.25) is 0 Å². The Morgan fingerprint density at radius 3 is 2.40 bits per heavy atom. The van der Waals surface area contributed by atoms with Gasteiger partial charge in [-0.1, -0.05) is 76.0 Å². The topological polar surface area (TPSA) is 93.9 Å². The molecule has 2 aliphatic rings. The first-order chi connectivity index (χ1) is 22.1. The van der Waals surface area contributed by atoms with E-state index in [2.05, 4.69) is 6.07 Å². The Kier molecular flexibility index (Phi) is 9.08. The molecule has 1 amide bonds. The van der Waals surface area contributed by atoms with Gasteiger partial charge in [-0.2, -0.15) is 5.26 Å². The highest BCUT2D eigenvalue weighted by molar-refractivity contribution is 6.31. The number of carbonyl (C=O) groups excluding carboxylic acids is 1. The van der Waals surface area contributed by atoms with Crippen LogP contribution in [0.2, 0.25) is 10.0 Å². The molecule has 3 atom stereocenters. The lowest BCUT2D eigenvalue weighted by Crippen LogP contribution is -2.52. The van der Waals surface area contributed by atoms with E-state index in [1.54, 1.807) is 0 Å². The zero-order chi connectivity index (χ0) is 34.6. The van der Waals surface area contributed by atoms with E-state index < -0.39 is 46.5 Å². The summed E-state index contributed by atoms with van der Waals surface area (Å²) in [5.41, 5.74) is -2.18. The molecule has 246 valence electrons. The summed E-state index contributed by atoms with van der Waals surface area (Å²) in [4.78, 5) is 30.1. The second-order valence-corrected chi connectivity index (χ2v) is 14.4. The van der Waals surface area contributed by atoms with Crippen molar-refractivity contribution in [1.29, 1.82) is 5.26 Å². The van der Waals surface area contributed by atoms with Gasteiger partial charge in [-0.15, -0.1) is 0 Å². The number of ether oxygens (including phenoxy) is 1. The predicted octanol–water partition coefficient (Wildman–Crippen LogP) is 8.69. The summed E-state index contributed by atoms with van der Waals surface area (Å²) in [5, 5.41) is 20.8. The average Bonchev–Trinajstić information content (AvgIpc) is 3.41. The van der Waals surface area contributed by atoms with Gasteiger partial charge in [0.25, 0.3) is 5.91 Å². The summed E-state index contributed by atoms with van der Waals surface area (Å²) in [7, 11) is 1.38. The van der Waals surface area contributed by atoms with Crippen LogP contribution in [0, 0.1) is 34.3 Å². The van der Waals surface area contributed by atoms with E-state index in [0.29, 0.717) is 18.5 Å². The van der Waals surface area contributed by atoms with Gasteiger partial charge in [-0.25, -0.2) is 13.6 Å². The van der Waals surface area contributed by atoms with Crippen LogP contribution in [-0.4, -0.2) is 41.2 Å². The molecule has 11 heteroatoms. The number of carboxylic acids is 1. The lowest BCUT2D eigenvalue weighted by atomic mass is 9.65. The van der Waals surface area contributed by atoms with Crippen LogP contribution in [0.25, 0.3) is 5.57 Å². The highest BCUT2D eigenvalue weighted by atomic mass is 35.5. The number of carbonyl (C=O) groups is 2.